The van der Waals surface area contributed by atoms with Crippen molar-refractivity contribution in [2.75, 3.05) is 0 Å². The summed E-state index contributed by atoms with van der Waals surface area (Å²) in [6, 6.07) is 64.7. The Hall–Kier alpha value is -8.47. The molecule has 9 nitrogen and oxygen atoms in total. The number of rotatable bonds is 15. The highest BCUT2D eigenvalue weighted by molar-refractivity contribution is 7.97. The summed E-state index contributed by atoms with van der Waals surface area (Å²) in [5, 5.41) is 0. The van der Waals surface area contributed by atoms with Crippen LogP contribution in [0.25, 0.3) is 0 Å². The van der Waals surface area contributed by atoms with E-state index < -0.39 is 132 Å². The summed E-state index contributed by atoms with van der Waals surface area (Å²) in [4.78, 5) is 1.32. The zero-order valence-electron chi connectivity index (χ0n) is 56.3. The molecule has 0 fully saturated rings. The summed E-state index contributed by atoms with van der Waals surface area (Å²) in [7, 11) is -17.6. The van der Waals surface area contributed by atoms with Crippen molar-refractivity contribution in [1.82, 2.24) is 0 Å². The van der Waals surface area contributed by atoms with E-state index in [0.717, 1.165) is 12.8 Å². The lowest BCUT2D eigenvalue weighted by Crippen LogP contribution is -3.61. The molecule has 0 amide bonds. The molecule has 11 rings (SSSR count). The van der Waals surface area contributed by atoms with Crippen LogP contribution in [-0.2, 0) is 65.0 Å². The summed E-state index contributed by atoms with van der Waals surface area (Å²) in [6.45, 7) is 18.0. The van der Waals surface area contributed by atoms with E-state index in [0.29, 0.717) is 0 Å². The highest BCUT2D eigenvalue weighted by Crippen LogP contribution is 2.39. The van der Waals surface area contributed by atoms with Gasteiger partial charge in [-0.25, -0.2) is 91.1 Å². The standard InChI is InChI=1S/C58H56IS2.3C6HF5O3S/c1-39-13-9-17-55(43(39)5)60(56-18-10-14-40(2)44(56)6)53-33-25-49(26-34-53)37-47-21-29-51(30-22-47)59-52-31-23-48(24-32-52)38-50-27-35-54(36-28-50)61(57-19-11-15-41(3)45(57)7)58-20-12-16-42(4)46(58)8;3*7-1-2(8)4(10)6(15(12,13)14)5(11)3(1)9/h9-36H,37-38H2,1-8H3;3*(H,12,13,14)/q+3;;;/p-3. The molecule has 0 heterocycles. The fraction of sp³-hybridized carbons (Fsp3) is 0.132. The first kappa shape index (κ1) is 83.2. The quantitative estimate of drug-likeness (QED) is 0.0242. The maximum absolute atomic E-state index is 12.6. The maximum Gasteiger partial charge on any atom is 0.357 e. The molecule has 0 aromatic heterocycles. The lowest BCUT2D eigenvalue weighted by molar-refractivity contribution is -0.597. The van der Waals surface area contributed by atoms with Gasteiger partial charge in [0, 0.05) is 22.3 Å². The number of hydrogen-bond donors (Lipinski definition) is 0. The summed E-state index contributed by atoms with van der Waals surface area (Å²) >= 11 is -0.251. The molecule has 30 heteroatoms. The summed E-state index contributed by atoms with van der Waals surface area (Å²) in [5.74, 6) is -38.5. The van der Waals surface area contributed by atoms with Crippen molar-refractivity contribution in [3.8, 4) is 0 Å². The second-order valence-electron chi connectivity index (χ2n) is 23.5. The average molecular weight is 1690 g/mol. The molecule has 0 radical (unpaired) electrons. The van der Waals surface area contributed by atoms with Crippen LogP contribution in [0.5, 0.6) is 0 Å². The van der Waals surface area contributed by atoms with E-state index in [1.54, 1.807) is 0 Å². The number of benzene rings is 11. The van der Waals surface area contributed by atoms with Crippen molar-refractivity contribution >= 4 is 52.1 Å². The van der Waals surface area contributed by atoms with E-state index >= 15 is 0 Å². The van der Waals surface area contributed by atoms with Gasteiger partial charge in [0.1, 0.15) is 45.0 Å². The van der Waals surface area contributed by atoms with Gasteiger partial charge in [-0.2, -0.15) is 0 Å². The molecular formula is C76H56F15IO9S5. The smallest absolute Gasteiger partial charge is 0.357 e. The Morgan fingerprint density at radius 2 is 0.443 bits per heavy atom. The minimum Gasteiger partial charge on any atom is -0.744 e. The van der Waals surface area contributed by atoms with Gasteiger partial charge in [0.25, 0.3) is 0 Å². The number of hydrogen-bond acceptors (Lipinski definition) is 9. The monoisotopic (exact) mass is 1680 g/mol. The van der Waals surface area contributed by atoms with Gasteiger partial charge in [-0.1, -0.05) is 97.1 Å². The molecule has 11 aromatic rings. The van der Waals surface area contributed by atoms with Gasteiger partial charge in [0.15, 0.2) is 106 Å². The van der Waals surface area contributed by atoms with Crippen LogP contribution in [0.4, 0.5) is 65.9 Å². The predicted octanol–water partition coefficient (Wildman–Crippen LogP) is 15.5. The van der Waals surface area contributed by atoms with Gasteiger partial charge in [0.05, 0.1) is 21.8 Å². The molecule has 0 aliphatic heterocycles. The Morgan fingerprint density at radius 3 is 0.632 bits per heavy atom. The Kier molecular flexibility index (Phi) is 26.8. The zero-order valence-corrected chi connectivity index (χ0v) is 62.6. The SMILES string of the molecule is Cc1cccc([S+](c2ccc(Cc3ccc([I+]c4ccc(Cc5ccc([S+](c6cccc(C)c6C)c6cccc(C)c6C)cc5)cc4)cc3)cc2)c2cccc(C)c2C)c1C.O=S(=O)([O-])c1c(F)c(F)c(F)c(F)c1F.O=S(=O)([O-])c1c(F)c(F)c(F)c(F)c1F.O=S(=O)([O-])c1c(F)c(F)c(F)c(F)c1F. The van der Waals surface area contributed by atoms with Crippen LogP contribution in [0.1, 0.15) is 66.8 Å². The largest absolute Gasteiger partial charge is 0.744 e. The molecule has 0 unspecified atom stereocenters. The third kappa shape index (κ3) is 18.7. The van der Waals surface area contributed by atoms with Crippen LogP contribution in [0.15, 0.2) is 214 Å². The molecule has 0 saturated heterocycles. The van der Waals surface area contributed by atoms with Gasteiger partial charge in [-0.3, -0.25) is 0 Å². The molecule has 0 aliphatic rings. The van der Waals surface area contributed by atoms with E-state index in [1.165, 1.54) is 103 Å². The molecular weight excluding hydrogens is 1630 g/mol. The van der Waals surface area contributed by atoms with Crippen molar-refractivity contribution in [1.29, 1.82) is 0 Å². The van der Waals surface area contributed by atoms with Crippen LogP contribution >= 0.6 is 0 Å². The van der Waals surface area contributed by atoms with E-state index in [9.17, 15) is 105 Å². The first-order chi connectivity index (χ1) is 49.6. The van der Waals surface area contributed by atoms with Gasteiger partial charge < -0.3 is 13.7 Å². The third-order valence-corrected chi connectivity index (χ3v) is 26.8. The van der Waals surface area contributed by atoms with Crippen LogP contribution in [0.2, 0.25) is 0 Å². The van der Waals surface area contributed by atoms with Crippen molar-refractivity contribution in [3.05, 3.63) is 331 Å². The Bertz CT molecular complexity index is 4910. The lowest BCUT2D eigenvalue weighted by atomic mass is 10.1. The van der Waals surface area contributed by atoms with Crippen LogP contribution in [0, 0.1) is 150 Å². The fourth-order valence-electron chi connectivity index (χ4n) is 10.4. The topological polar surface area (TPSA) is 172 Å². The van der Waals surface area contributed by atoms with Crippen molar-refractivity contribution < 1.29 is 126 Å². The average Bonchev–Trinajstić information content (AvgIpc) is 0.771. The van der Waals surface area contributed by atoms with Gasteiger partial charge in [0.2, 0.25) is 17.5 Å². The fourth-order valence-corrected chi connectivity index (χ4v) is 19.4. The predicted molar refractivity (Wildman–Crippen MR) is 359 cm³/mol. The minimum atomic E-state index is -5.77. The molecule has 556 valence electrons. The molecule has 0 N–H and O–H groups in total. The van der Waals surface area contributed by atoms with Crippen LogP contribution in [-0.4, -0.2) is 38.9 Å². The molecule has 0 atom stereocenters. The maximum atomic E-state index is 12.6. The van der Waals surface area contributed by atoms with Crippen molar-refractivity contribution in [2.45, 2.75) is 112 Å². The summed E-state index contributed by atoms with van der Waals surface area (Å²) in [5.41, 5.74) is 16.4. The number of aryl methyl sites for hydroxylation is 4. The highest BCUT2D eigenvalue weighted by Gasteiger charge is 2.36. The first-order valence-electron chi connectivity index (χ1n) is 30.7. The molecule has 106 heavy (non-hydrogen) atoms. The van der Waals surface area contributed by atoms with Crippen molar-refractivity contribution in [2.24, 2.45) is 0 Å². The second kappa shape index (κ2) is 34.2. The lowest BCUT2D eigenvalue weighted by Gasteiger charge is -2.15. The molecule has 0 saturated carbocycles. The van der Waals surface area contributed by atoms with E-state index in [4.69, 9.17) is 0 Å². The van der Waals surface area contributed by atoms with Crippen LogP contribution in [0.3, 0.4) is 0 Å². The van der Waals surface area contributed by atoms with Crippen molar-refractivity contribution in [3.63, 3.8) is 0 Å². The van der Waals surface area contributed by atoms with Gasteiger partial charge in [-0.05, 0) is 186 Å². The van der Waals surface area contributed by atoms with E-state index in [1.807, 2.05) is 0 Å². The molecule has 0 bridgehead atoms. The van der Waals surface area contributed by atoms with Gasteiger partial charge in [-0.15, -0.1) is 0 Å². The van der Waals surface area contributed by atoms with E-state index in [2.05, 4.69) is 225 Å². The minimum absolute atomic E-state index is 0.162. The Morgan fingerprint density at radius 1 is 0.264 bits per heavy atom. The molecule has 0 aliphatic carbocycles. The molecule has 0 spiro atoms. The van der Waals surface area contributed by atoms with Gasteiger partial charge >= 0.3 is 21.2 Å². The highest BCUT2D eigenvalue weighted by atomic mass is 127. The Labute approximate surface area is 617 Å². The summed E-state index contributed by atoms with van der Waals surface area (Å²) < 4.78 is 282. The van der Waals surface area contributed by atoms with Crippen LogP contribution < -0.4 is 21.2 Å². The first-order valence-corrected chi connectivity index (χ1v) is 39.6. The molecule has 11 aromatic carbocycles. The summed E-state index contributed by atoms with van der Waals surface area (Å²) in [6.07, 6.45) is 1.88. The number of halogens is 16. The second-order valence-corrected chi connectivity index (χ2v) is 34.4. The third-order valence-electron chi connectivity index (χ3n) is 16.5. The Balaban J connectivity index is 0.000000252. The zero-order chi connectivity index (χ0) is 78.5. The van der Waals surface area contributed by atoms with E-state index in [-0.39, 0.29) is 43.0 Å². The normalized spacial score (nSPS) is 11.6.